The molecule has 14 heteroatoms. The summed E-state index contributed by atoms with van der Waals surface area (Å²) in [7, 11) is 0. The first kappa shape index (κ1) is 21.9. The highest BCUT2D eigenvalue weighted by Crippen LogP contribution is 2.51. The Morgan fingerprint density at radius 3 is 1.05 bits per heavy atom. The molecule has 0 aromatic rings. The van der Waals surface area contributed by atoms with Crippen molar-refractivity contribution in [3.05, 3.63) is 0 Å². The van der Waals surface area contributed by atoms with Crippen molar-refractivity contribution in [2.45, 2.75) is 37.0 Å². The number of aliphatic carboxylic acids is 1. The lowest BCUT2D eigenvalue weighted by atomic mass is 10.1. The normalized spacial score (nSPS) is 14.3. The lowest BCUT2D eigenvalue weighted by Gasteiger charge is -2.32. The van der Waals surface area contributed by atoms with Crippen LogP contribution >= 0.6 is 0 Å². The Balaban J connectivity index is 0. The maximum absolute atomic E-state index is 12.1. The van der Waals surface area contributed by atoms with Gasteiger partial charge < -0.3 is 10.2 Å². The van der Waals surface area contributed by atoms with Gasteiger partial charge in [-0.05, 0) is 0 Å². The van der Waals surface area contributed by atoms with Crippen molar-refractivity contribution < 1.29 is 63.3 Å². The van der Waals surface area contributed by atoms with Gasteiger partial charge in [0.2, 0.25) is 0 Å². The van der Waals surface area contributed by atoms with Crippen LogP contribution in [0.15, 0.2) is 0 Å². The third-order valence-electron chi connectivity index (χ3n) is 1.57. The van der Waals surface area contributed by atoms with E-state index in [1.807, 2.05) is 0 Å². The van der Waals surface area contributed by atoms with E-state index >= 15 is 0 Å². The van der Waals surface area contributed by atoms with Crippen molar-refractivity contribution in [2.24, 2.45) is 0 Å². The van der Waals surface area contributed by atoms with Crippen molar-refractivity contribution in [2.75, 3.05) is 0 Å². The van der Waals surface area contributed by atoms with Crippen LogP contribution in [0.4, 0.5) is 48.3 Å². The van der Waals surface area contributed by atoms with E-state index in [-0.39, 0.29) is 0 Å². The summed E-state index contributed by atoms with van der Waals surface area (Å²) < 4.78 is 127. The summed E-state index contributed by atoms with van der Waals surface area (Å²) in [6.07, 6.45) is -11.3. The molecule has 0 aromatic carbocycles. The molecule has 0 spiro atoms. The number of carboxylic acids is 1. The van der Waals surface area contributed by atoms with Gasteiger partial charge in [-0.3, -0.25) is 0 Å². The average molecular weight is 346 g/mol. The van der Waals surface area contributed by atoms with Crippen LogP contribution in [0, 0.1) is 0 Å². The van der Waals surface area contributed by atoms with Crippen LogP contribution in [0.1, 0.15) is 6.92 Å². The largest absolute Gasteiger partial charge is 0.490 e. The van der Waals surface area contributed by atoms with Crippen LogP contribution in [0.5, 0.6) is 0 Å². The Morgan fingerprint density at radius 1 is 0.762 bits per heavy atom. The first-order valence-corrected chi connectivity index (χ1v) is 4.23. The molecule has 128 valence electrons. The van der Waals surface area contributed by atoms with E-state index < -0.39 is 42.9 Å². The second-order valence-electron chi connectivity index (χ2n) is 3.38. The van der Waals surface area contributed by atoms with E-state index in [9.17, 15) is 48.3 Å². The molecule has 3 nitrogen and oxygen atoms in total. The lowest BCUT2D eigenvalue weighted by Crippen LogP contribution is -2.61. The summed E-state index contributed by atoms with van der Waals surface area (Å²) in [5, 5.41) is 14.5. The third-order valence-corrected chi connectivity index (χ3v) is 1.57. The van der Waals surface area contributed by atoms with Gasteiger partial charge in [-0.1, -0.05) is 0 Å². The minimum Gasteiger partial charge on any atom is -0.475 e. The zero-order valence-corrected chi connectivity index (χ0v) is 9.46. The van der Waals surface area contributed by atoms with Gasteiger partial charge in [0.1, 0.15) is 0 Å². The van der Waals surface area contributed by atoms with Crippen molar-refractivity contribution in [1.29, 1.82) is 0 Å². The minimum absolute atomic E-state index is 0.660. The van der Waals surface area contributed by atoms with Gasteiger partial charge in [0.25, 0.3) is 0 Å². The number of carboxylic acid groups (broad SMARTS) is 1. The summed E-state index contributed by atoms with van der Waals surface area (Å²) >= 11 is 0. The molecule has 0 saturated carbocycles. The number of aliphatic hydroxyl groups is 1. The Bertz CT molecular complexity index is 337. The van der Waals surface area contributed by atoms with Gasteiger partial charge in [-0.2, -0.15) is 48.3 Å². The van der Waals surface area contributed by atoms with Crippen LogP contribution < -0.4 is 0 Å². The smallest absolute Gasteiger partial charge is 0.475 e. The van der Waals surface area contributed by atoms with Crippen LogP contribution in [-0.4, -0.2) is 46.2 Å². The molecule has 0 rings (SSSR count). The van der Waals surface area contributed by atoms with Crippen molar-refractivity contribution in [3.63, 3.8) is 0 Å². The first-order valence-electron chi connectivity index (χ1n) is 4.23. The molecule has 0 atom stereocenters. The Labute approximate surface area is 108 Å². The monoisotopic (exact) mass is 346 g/mol. The molecule has 0 fully saturated rings. The molecular weight excluding hydrogens is 341 g/mol. The predicted molar refractivity (Wildman–Crippen MR) is 41.4 cm³/mol. The van der Waals surface area contributed by atoms with E-state index in [2.05, 4.69) is 0 Å². The third kappa shape index (κ3) is 5.17. The summed E-state index contributed by atoms with van der Waals surface area (Å²) in [4.78, 5) is 8.90. The maximum Gasteiger partial charge on any atom is 0.490 e. The number of carbonyl (C=O) groups is 1. The molecule has 0 saturated heterocycles. The van der Waals surface area contributed by atoms with Crippen LogP contribution in [0.25, 0.3) is 0 Å². The standard InChI is InChI=1S/C5H4F8O.C2HF3O2/c1-2(6,7)3(8,9)4(10,11)5(12,13)14;3-2(4,5)1(6)7/h14H,1H3;(H,6,7). The summed E-state index contributed by atoms with van der Waals surface area (Å²) in [5.74, 6) is -21.0. The zero-order valence-electron chi connectivity index (χ0n) is 9.46. The lowest BCUT2D eigenvalue weighted by molar-refractivity contribution is -0.414. The molecule has 0 aromatic heterocycles. The molecule has 2 N–H and O–H groups in total. The van der Waals surface area contributed by atoms with Gasteiger partial charge in [0.15, 0.2) is 0 Å². The van der Waals surface area contributed by atoms with Crippen LogP contribution in [-0.2, 0) is 4.79 Å². The first-order chi connectivity index (χ1) is 8.69. The number of hydrogen-bond donors (Lipinski definition) is 2. The Morgan fingerprint density at radius 2 is 1.00 bits per heavy atom. The van der Waals surface area contributed by atoms with Gasteiger partial charge in [0, 0.05) is 6.92 Å². The van der Waals surface area contributed by atoms with E-state index in [0.29, 0.717) is 0 Å². The molecule has 0 aliphatic heterocycles. The van der Waals surface area contributed by atoms with Crippen molar-refractivity contribution >= 4 is 5.97 Å². The Hall–Kier alpha value is -1.34. The van der Waals surface area contributed by atoms with E-state index in [1.54, 1.807) is 0 Å². The van der Waals surface area contributed by atoms with Crippen molar-refractivity contribution in [3.8, 4) is 0 Å². The Kier molecular flexibility index (Phi) is 6.07. The summed E-state index contributed by atoms with van der Waals surface area (Å²) in [6.45, 7) is -0.660. The molecule has 0 aliphatic rings. The quantitative estimate of drug-likeness (QED) is 0.772. The molecule has 0 aliphatic carbocycles. The van der Waals surface area contributed by atoms with E-state index in [0.717, 1.165) is 0 Å². The fourth-order valence-electron chi connectivity index (χ4n) is 0.465. The van der Waals surface area contributed by atoms with E-state index in [1.165, 1.54) is 0 Å². The maximum atomic E-state index is 12.1. The van der Waals surface area contributed by atoms with Crippen LogP contribution in [0.2, 0.25) is 0 Å². The summed E-state index contributed by atoms with van der Waals surface area (Å²) in [6, 6.07) is 0. The molecule has 0 bridgehead atoms. The van der Waals surface area contributed by atoms with Gasteiger partial charge in [0.05, 0.1) is 0 Å². The van der Waals surface area contributed by atoms with Gasteiger partial charge in [-0.15, -0.1) is 0 Å². The van der Waals surface area contributed by atoms with Gasteiger partial charge >= 0.3 is 36.0 Å². The molecule has 21 heavy (non-hydrogen) atoms. The zero-order chi connectivity index (χ0) is 18.1. The second kappa shape index (κ2) is 5.81. The highest BCUT2D eigenvalue weighted by molar-refractivity contribution is 5.73. The summed E-state index contributed by atoms with van der Waals surface area (Å²) in [5.41, 5.74) is 0. The van der Waals surface area contributed by atoms with E-state index in [4.69, 9.17) is 15.0 Å². The topological polar surface area (TPSA) is 57.5 Å². The fourth-order valence-corrected chi connectivity index (χ4v) is 0.465. The van der Waals surface area contributed by atoms with Gasteiger partial charge in [-0.25, -0.2) is 4.79 Å². The number of rotatable bonds is 3. The molecule has 0 unspecified atom stereocenters. The SMILES string of the molecule is CC(F)(F)C(F)(F)C(F)(F)C(O)(F)F.O=C(O)C(F)(F)F. The second-order valence-corrected chi connectivity index (χ2v) is 3.38. The van der Waals surface area contributed by atoms with Crippen LogP contribution in [0.3, 0.4) is 0 Å². The van der Waals surface area contributed by atoms with Crippen molar-refractivity contribution in [1.82, 2.24) is 0 Å². The predicted octanol–water partition coefficient (Wildman–Crippen LogP) is 3.13. The number of alkyl halides is 11. The molecule has 0 amide bonds. The fraction of sp³-hybridized carbons (Fsp3) is 0.857. The average Bonchev–Trinajstić information content (AvgIpc) is 2.12. The number of halogens is 11. The highest BCUT2D eigenvalue weighted by Gasteiger charge is 2.79. The minimum atomic E-state index is -6.54. The molecule has 0 radical (unpaired) electrons. The molecule has 0 heterocycles. The molecular formula is C7H5F11O3. The number of hydrogen-bond acceptors (Lipinski definition) is 2. The highest BCUT2D eigenvalue weighted by atomic mass is 19.4.